The number of nitrogens with zero attached hydrogens (tertiary/aromatic N) is 1. The fourth-order valence-electron chi connectivity index (χ4n) is 5.81. The summed E-state index contributed by atoms with van der Waals surface area (Å²) >= 11 is 1.66. The summed E-state index contributed by atoms with van der Waals surface area (Å²) in [6.45, 7) is 8.77. The van der Waals surface area contributed by atoms with Gasteiger partial charge in [0.1, 0.15) is 10.6 Å². The van der Waals surface area contributed by atoms with Crippen molar-refractivity contribution < 1.29 is 19.2 Å². The third-order valence-corrected chi connectivity index (χ3v) is 8.45. The summed E-state index contributed by atoms with van der Waals surface area (Å²) in [5, 5.41) is 3.05. The fourth-order valence-corrected chi connectivity index (χ4v) is 6.65. The van der Waals surface area contributed by atoms with Gasteiger partial charge >= 0.3 is 0 Å². The van der Waals surface area contributed by atoms with E-state index in [-0.39, 0.29) is 5.92 Å². The maximum atomic E-state index is 6.71. The van der Waals surface area contributed by atoms with Crippen molar-refractivity contribution in [3.8, 4) is 0 Å². The first-order valence-electron chi connectivity index (χ1n) is 9.51. The minimum Gasteiger partial charge on any atom is -0.336 e. The van der Waals surface area contributed by atoms with Crippen LogP contribution < -0.4 is 0 Å². The Kier molecular flexibility index (Phi) is 3.50. The average Bonchev–Trinajstić information content (AvgIpc) is 3.03. The zero-order chi connectivity index (χ0) is 17.4. The molecule has 5 aliphatic rings. The van der Waals surface area contributed by atoms with Crippen LogP contribution in [0.2, 0.25) is 0 Å². The van der Waals surface area contributed by atoms with E-state index in [1.807, 2.05) is 18.5 Å². The van der Waals surface area contributed by atoms with Crippen molar-refractivity contribution >= 4 is 11.3 Å². The molecular weight excluding hydrogens is 338 g/mol. The standard InChI is InChI=1S/C19H27NO4S/c1-11-5-6-14-12(2)18(4,15-20-9-10-25-15)22-16-19(14)13(11)7-8-17(3,21-16)23-24-19/h9-14,16H,5-8H2,1-4H3/t11-,12?,13+,14+,16+,17-,18?,19-/m1/s1. The van der Waals surface area contributed by atoms with Crippen LogP contribution in [0.5, 0.6) is 0 Å². The van der Waals surface area contributed by atoms with Gasteiger partial charge in [0.05, 0.1) is 0 Å². The highest BCUT2D eigenvalue weighted by atomic mass is 32.1. The molecule has 138 valence electrons. The Morgan fingerprint density at radius 1 is 1.08 bits per heavy atom. The van der Waals surface area contributed by atoms with Gasteiger partial charge in [-0.2, -0.15) is 0 Å². The second-order valence-corrected chi connectivity index (χ2v) is 9.66. The molecule has 2 unspecified atom stereocenters. The van der Waals surface area contributed by atoms with E-state index in [4.69, 9.17) is 19.2 Å². The minimum atomic E-state index is -0.720. The maximum Gasteiger partial charge on any atom is 0.201 e. The molecule has 5 nitrogen and oxygen atoms in total. The average molecular weight is 365 g/mol. The number of thiazole rings is 1. The van der Waals surface area contributed by atoms with E-state index in [0.29, 0.717) is 17.8 Å². The minimum absolute atomic E-state index is 0.277. The van der Waals surface area contributed by atoms with Crippen LogP contribution in [0.15, 0.2) is 11.6 Å². The van der Waals surface area contributed by atoms with Crippen molar-refractivity contribution in [2.75, 3.05) is 0 Å². The first kappa shape index (κ1) is 16.6. The van der Waals surface area contributed by atoms with Crippen LogP contribution in [0.1, 0.15) is 58.4 Å². The second kappa shape index (κ2) is 5.26. The third-order valence-electron chi connectivity index (χ3n) is 7.46. The Labute approximate surface area is 152 Å². The van der Waals surface area contributed by atoms with Gasteiger partial charge in [-0.1, -0.05) is 13.8 Å². The van der Waals surface area contributed by atoms with Gasteiger partial charge in [0.25, 0.3) is 0 Å². The van der Waals surface area contributed by atoms with Crippen molar-refractivity contribution in [2.45, 2.75) is 76.7 Å². The van der Waals surface area contributed by atoms with E-state index in [2.05, 4.69) is 25.8 Å². The molecule has 1 saturated carbocycles. The second-order valence-electron chi connectivity index (χ2n) is 8.76. The highest BCUT2D eigenvalue weighted by Gasteiger charge is 2.71. The summed E-state index contributed by atoms with van der Waals surface area (Å²) in [7, 11) is 0. The summed E-state index contributed by atoms with van der Waals surface area (Å²) in [6.07, 6.45) is 5.70. The lowest BCUT2D eigenvalue weighted by Gasteiger charge is -2.62. The zero-order valence-electron chi connectivity index (χ0n) is 15.4. The lowest BCUT2D eigenvalue weighted by atomic mass is 9.56. The van der Waals surface area contributed by atoms with Gasteiger partial charge in [0.2, 0.25) is 5.79 Å². The Morgan fingerprint density at radius 2 is 1.92 bits per heavy atom. The summed E-state index contributed by atoms with van der Waals surface area (Å²) in [5.74, 6) is 0.890. The topological polar surface area (TPSA) is 49.8 Å². The van der Waals surface area contributed by atoms with Gasteiger partial charge in [-0.3, -0.25) is 0 Å². The first-order chi connectivity index (χ1) is 11.9. The molecule has 0 N–H and O–H groups in total. The molecule has 0 amide bonds. The van der Waals surface area contributed by atoms with Crippen molar-refractivity contribution in [2.24, 2.45) is 23.7 Å². The van der Waals surface area contributed by atoms with E-state index in [9.17, 15) is 0 Å². The monoisotopic (exact) mass is 365 g/mol. The van der Waals surface area contributed by atoms with E-state index < -0.39 is 23.3 Å². The predicted octanol–water partition coefficient (Wildman–Crippen LogP) is 4.24. The highest BCUT2D eigenvalue weighted by molar-refractivity contribution is 7.09. The van der Waals surface area contributed by atoms with Crippen LogP contribution in [-0.4, -0.2) is 22.7 Å². The van der Waals surface area contributed by atoms with E-state index >= 15 is 0 Å². The molecule has 4 saturated heterocycles. The Hall–Kier alpha value is -0.530. The zero-order valence-corrected chi connectivity index (χ0v) is 16.2. The Morgan fingerprint density at radius 3 is 2.68 bits per heavy atom. The van der Waals surface area contributed by atoms with Crippen LogP contribution in [0, 0.1) is 23.7 Å². The molecule has 2 bridgehead atoms. The molecule has 6 heteroatoms. The molecule has 8 atom stereocenters. The quantitative estimate of drug-likeness (QED) is 0.697. The molecule has 4 aliphatic heterocycles. The third kappa shape index (κ3) is 2.06. The molecule has 0 aromatic carbocycles. The molecule has 25 heavy (non-hydrogen) atoms. The summed E-state index contributed by atoms with van der Waals surface area (Å²) < 4.78 is 13.1. The van der Waals surface area contributed by atoms with Crippen LogP contribution in [0.25, 0.3) is 0 Å². The smallest absolute Gasteiger partial charge is 0.201 e. The van der Waals surface area contributed by atoms with Crippen LogP contribution in [0.3, 0.4) is 0 Å². The number of hydrogen-bond donors (Lipinski definition) is 0. The van der Waals surface area contributed by atoms with E-state index in [1.165, 1.54) is 6.42 Å². The molecular formula is C19H27NO4S. The number of rotatable bonds is 1. The van der Waals surface area contributed by atoms with Gasteiger partial charge < -0.3 is 9.47 Å². The molecule has 5 fully saturated rings. The van der Waals surface area contributed by atoms with E-state index in [0.717, 1.165) is 24.3 Å². The summed E-state index contributed by atoms with van der Waals surface area (Å²) in [6, 6.07) is 0. The first-order valence-corrected chi connectivity index (χ1v) is 10.4. The van der Waals surface area contributed by atoms with Crippen molar-refractivity contribution in [3.05, 3.63) is 16.6 Å². The molecule has 5 heterocycles. The number of hydrogen-bond acceptors (Lipinski definition) is 6. The largest absolute Gasteiger partial charge is 0.336 e. The highest BCUT2D eigenvalue weighted by Crippen LogP contribution is 2.63. The molecule has 0 radical (unpaired) electrons. The number of aromatic nitrogens is 1. The molecule has 1 aromatic heterocycles. The molecule has 1 aromatic rings. The Bertz CT molecular complexity index is 668. The van der Waals surface area contributed by atoms with Crippen molar-refractivity contribution in [1.29, 1.82) is 0 Å². The van der Waals surface area contributed by atoms with Gasteiger partial charge in [0.15, 0.2) is 11.9 Å². The van der Waals surface area contributed by atoms with Crippen LogP contribution in [-0.2, 0) is 24.8 Å². The number of fused-ring (bicyclic) bond motifs is 2. The maximum absolute atomic E-state index is 6.71. The lowest BCUT2D eigenvalue weighted by Crippen LogP contribution is -2.71. The SMILES string of the molecule is CC1[C@@H]2CC[C@@H](C)[C@@H]3CC[C@@]4(C)OO[C@@]23[C@H](OC1(C)c1nccs1)O4. The van der Waals surface area contributed by atoms with Gasteiger partial charge in [0, 0.05) is 23.9 Å². The fraction of sp³-hybridized carbons (Fsp3) is 0.842. The van der Waals surface area contributed by atoms with Crippen LogP contribution >= 0.6 is 11.3 Å². The van der Waals surface area contributed by atoms with Crippen molar-refractivity contribution in [1.82, 2.24) is 4.98 Å². The normalized spacial score (nSPS) is 54.8. The molecule has 1 spiro atoms. The summed E-state index contributed by atoms with van der Waals surface area (Å²) in [4.78, 5) is 16.7. The van der Waals surface area contributed by atoms with Gasteiger partial charge in [-0.15, -0.1) is 11.3 Å². The molecule has 6 rings (SSSR count). The van der Waals surface area contributed by atoms with Crippen LogP contribution in [0.4, 0.5) is 0 Å². The molecule has 1 aliphatic carbocycles. The van der Waals surface area contributed by atoms with E-state index in [1.54, 1.807) is 11.3 Å². The number of ether oxygens (including phenoxy) is 2. The van der Waals surface area contributed by atoms with Gasteiger partial charge in [-0.25, -0.2) is 14.8 Å². The van der Waals surface area contributed by atoms with Gasteiger partial charge in [-0.05, 0) is 50.9 Å². The predicted molar refractivity (Wildman–Crippen MR) is 92.5 cm³/mol. The lowest BCUT2D eigenvalue weighted by molar-refractivity contribution is -0.577. The summed E-state index contributed by atoms with van der Waals surface area (Å²) in [5.41, 5.74) is -0.950. The Balaban J connectivity index is 1.64. The van der Waals surface area contributed by atoms with Crippen molar-refractivity contribution in [3.63, 3.8) is 0 Å².